The van der Waals surface area contributed by atoms with E-state index >= 15 is 0 Å². The van der Waals surface area contributed by atoms with Gasteiger partial charge in [-0.2, -0.15) is 5.10 Å². The predicted octanol–water partition coefficient (Wildman–Crippen LogP) is 3.55. The third-order valence-electron chi connectivity index (χ3n) is 2.68. The fraction of sp³-hybridized carbons (Fsp3) is 0.769. The van der Waals surface area contributed by atoms with E-state index in [0.717, 1.165) is 5.69 Å². The third-order valence-corrected chi connectivity index (χ3v) is 2.68. The van der Waals surface area contributed by atoms with E-state index in [1.54, 1.807) is 0 Å². The fourth-order valence-corrected chi connectivity index (χ4v) is 2.38. The Balaban J connectivity index is 3.41. The van der Waals surface area contributed by atoms with Crippen LogP contribution in [-0.2, 0) is 11.0 Å². The van der Waals surface area contributed by atoms with Gasteiger partial charge in [0.1, 0.15) is 0 Å². The maximum atomic E-state index is 4.66. The number of rotatable bonds is 0. The van der Waals surface area contributed by atoms with Gasteiger partial charge in [0.05, 0.1) is 11.2 Å². The Bertz CT molecular complexity index is 359. The maximum Gasteiger partial charge on any atom is 0.0634 e. The Hall–Kier alpha value is -0.790. The van der Waals surface area contributed by atoms with Crippen molar-refractivity contribution in [2.24, 2.45) is 0 Å². The van der Waals surface area contributed by atoms with Crippen LogP contribution in [0, 0.1) is 13.8 Å². The highest BCUT2D eigenvalue weighted by Crippen LogP contribution is 2.30. The van der Waals surface area contributed by atoms with Crippen molar-refractivity contribution in [3.05, 3.63) is 17.0 Å². The molecule has 0 spiro atoms. The lowest BCUT2D eigenvalue weighted by Crippen LogP contribution is -2.25. The van der Waals surface area contributed by atoms with Crippen molar-refractivity contribution in [3.8, 4) is 0 Å². The Kier molecular flexibility index (Phi) is 2.75. The van der Waals surface area contributed by atoms with Crippen molar-refractivity contribution in [2.75, 3.05) is 0 Å². The van der Waals surface area contributed by atoms with Crippen LogP contribution in [0.1, 0.15) is 58.5 Å². The van der Waals surface area contributed by atoms with Gasteiger partial charge in [0.15, 0.2) is 0 Å². The minimum atomic E-state index is 0.0678. The molecule has 0 aliphatic heterocycles. The summed E-state index contributed by atoms with van der Waals surface area (Å²) in [7, 11) is 0. The molecule has 0 N–H and O–H groups in total. The molecule has 0 amide bonds. The van der Waals surface area contributed by atoms with Crippen LogP contribution < -0.4 is 0 Å². The van der Waals surface area contributed by atoms with Crippen molar-refractivity contribution in [3.63, 3.8) is 0 Å². The van der Waals surface area contributed by atoms with Crippen molar-refractivity contribution in [1.29, 1.82) is 0 Å². The van der Waals surface area contributed by atoms with E-state index in [1.165, 1.54) is 11.3 Å². The summed E-state index contributed by atoms with van der Waals surface area (Å²) >= 11 is 0. The van der Waals surface area contributed by atoms with Gasteiger partial charge in [0.25, 0.3) is 0 Å². The predicted molar refractivity (Wildman–Crippen MR) is 65.4 cm³/mol. The number of aromatic nitrogens is 2. The van der Waals surface area contributed by atoms with Crippen LogP contribution in [0.4, 0.5) is 0 Å². The molecule has 15 heavy (non-hydrogen) atoms. The second-order valence-corrected chi connectivity index (χ2v) is 6.38. The van der Waals surface area contributed by atoms with Gasteiger partial charge in [-0.1, -0.05) is 20.8 Å². The first kappa shape index (κ1) is 12.3. The molecule has 0 aliphatic rings. The summed E-state index contributed by atoms with van der Waals surface area (Å²) in [5, 5.41) is 4.66. The van der Waals surface area contributed by atoms with Crippen molar-refractivity contribution >= 4 is 0 Å². The molecule has 0 fully saturated rings. The zero-order valence-corrected chi connectivity index (χ0v) is 11.4. The fourth-order valence-electron chi connectivity index (χ4n) is 2.38. The lowest BCUT2D eigenvalue weighted by Gasteiger charge is -2.24. The summed E-state index contributed by atoms with van der Waals surface area (Å²) < 4.78 is 2.14. The SMILES string of the molecule is Cc1nn(C(C)(C)C)c(C)c1C(C)(C)C. The van der Waals surface area contributed by atoms with Gasteiger partial charge in [-0.25, -0.2) is 0 Å². The molecule has 0 saturated carbocycles. The highest BCUT2D eigenvalue weighted by Gasteiger charge is 2.27. The van der Waals surface area contributed by atoms with E-state index in [1.807, 2.05) is 0 Å². The monoisotopic (exact) mass is 208 g/mol. The molecule has 1 heterocycles. The second kappa shape index (κ2) is 3.36. The molecule has 1 aromatic heterocycles. The van der Waals surface area contributed by atoms with Crippen LogP contribution in [0.5, 0.6) is 0 Å². The molecular weight excluding hydrogens is 184 g/mol. The molecule has 86 valence electrons. The molecule has 0 aliphatic carbocycles. The van der Waals surface area contributed by atoms with Crippen LogP contribution in [0.15, 0.2) is 0 Å². The first-order chi connectivity index (χ1) is 6.55. The van der Waals surface area contributed by atoms with Crippen LogP contribution in [0.25, 0.3) is 0 Å². The summed E-state index contributed by atoms with van der Waals surface area (Å²) in [5.74, 6) is 0. The Labute approximate surface area is 93.7 Å². The Morgan fingerprint density at radius 3 is 1.60 bits per heavy atom. The third kappa shape index (κ3) is 2.24. The van der Waals surface area contributed by atoms with E-state index in [0.29, 0.717) is 0 Å². The summed E-state index contributed by atoms with van der Waals surface area (Å²) in [6, 6.07) is 0. The lowest BCUT2D eigenvalue weighted by molar-refractivity contribution is 0.345. The molecular formula is C13H24N2. The van der Waals surface area contributed by atoms with Crippen LogP contribution in [0.2, 0.25) is 0 Å². The molecule has 2 heteroatoms. The van der Waals surface area contributed by atoms with Gasteiger partial charge in [-0.3, -0.25) is 4.68 Å². The van der Waals surface area contributed by atoms with E-state index < -0.39 is 0 Å². The molecule has 2 nitrogen and oxygen atoms in total. The topological polar surface area (TPSA) is 17.8 Å². The minimum absolute atomic E-state index is 0.0678. The van der Waals surface area contributed by atoms with Gasteiger partial charge in [-0.05, 0) is 40.0 Å². The van der Waals surface area contributed by atoms with Crippen LogP contribution >= 0.6 is 0 Å². The highest BCUT2D eigenvalue weighted by molar-refractivity contribution is 5.32. The standard InChI is InChI=1S/C13H24N2/c1-9-11(12(3,4)5)10(2)15(14-9)13(6,7)8/h1-8H3. The summed E-state index contributed by atoms with van der Waals surface area (Å²) in [5.41, 5.74) is 4.09. The molecule has 0 unspecified atom stereocenters. The molecule has 1 rings (SSSR count). The number of nitrogens with zero attached hydrogens (tertiary/aromatic N) is 2. The number of aryl methyl sites for hydroxylation is 1. The first-order valence-corrected chi connectivity index (χ1v) is 5.62. The maximum absolute atomic E-state index is 4.66. The van der Waals surface area contributed by atoms with Crippen LogP contribution in [-0.4, -0.2) is 9.78 Å². The van der Waals surface area contributed by atoms with E-state index in [2.05, 4.69) is 65.2 Å². The summed E-state index contributed by atoms with van der Waals surface area (Å²) in [4.78, 5) is 0. The average Bonchev–Trinajstić information content (AvgIpc) is 2.22. The number of hydrogen-bond donors (Lipinski definition) is 0. The zero-order chi connectivity index (χ0) is 12.0. The van der Waals surface area contributed by atoms with E-state index in [9.17, 15) is 0 Å². The van der Waals surface area contributed by atoms with Gasteiger partial charge >= 0.3 is 0 Å². The zero-order valence-electron chi connectivity index (χ0n) is 11.4. The molecule has 1 aromatic rings. The molecule has 0 aromatic carbocycles. The highest BCUT2D eigenvalue weighted by atomic mass is 15.3. The number of hydrogen-bond acceptors (Lipinski definition) is 1. The smallest absolute Gasteiger partial charge is 0.0634 e. The summed E-state index contributed by atoms with van der Waals surface area (Å²) in [6.07, 6.45) is 0. The Morgan fingerprint density at radius 2 is 1.40 bits per heavy atom. The van der Waals surface area contributed by atoms with Crippen molar-refractivity contribution < 1.29 is 0 Å². The van der Waals surface area contributed by atoms with Gasteiger partial charge in [0, 0.05) is 11.3 Å². The van der Waals surface area contributed by atoms with E-state index in [-0.39, 0.29) is 11.0 Å². The minimum Gasteiger partial charge on any atom is -0.264 e. The molecule has 0 atom stereocenters. The largest absolute Gasteiger partial charge is 0.264 e. The van der Waals surface area contributed by atoms with Crippen LogP contribution in [0.3, 0.4) is 0 Å². The van der Waals surface area contributed by atoms with Gasteiger partial charge < -0.3 is 0 Å². The second-order valence-electron chi connectivity index (χ2n) is 6.38. The van der Waals surface area contributed by atoms with Gasteiger partial charge in [-0.15, -0.1) is 0 Å². The molecule has 0 bridgehead atoms. The lowest BCUT2D eigenvalue weighted by atomic mass is 9.85. The van der Waals surface area contributed by atoms with Crippen molar-refractivity contribution in [2.45, 2.75) is 66.3 Å². The summed E-state index contributed by atoms with van der Waals surface area (Å²) in [6.45, 7) is 17.6. The van der Waals surface area contributed by atoms with Gasteiger partial charge in [0.2, 0.25) is 0 Å². The first-order valence-electron chi connectivity index (χ1n) is 5.62. The van der Waals surface area contributed by atoms with E-state index in [4.69, 9.17) is 0 Å². The normalized spacial score (nSPS) is 13.3. The van der Waals surface area contributed by atoms with Crippen molar-refractivity contribution in [1.82, 2.24) is 9.78 Å². The molecule has 0 saturated heterocycles. The Morgan fingerprint density at radius 1 is 0.933 bits per heavy atom. The molecule has 0 radical (unpaired) electrons. The quantitative estimate of drug-likeness (QED) is 0.637. The average molecular weight is 208 g/mol.